The smallest absolute Gasteiger partial charge is 0.423 e. The number of ether oxygens (including phenoxy) is 2. The van der Waals surface area contributed by atoms with Crippen LogP contribution in [0.15, 0.2) is 46.4 Å². The van der Waals surface area contributed by atoms with Crippen LogP contribution in [0.25, 0.3) is 22.2 Å². The Balaban J connectivity index is 0.000000296. The van der Waals surface area contributed by atoms with Gasteiger partial charge in [-0.15, -0.1) is 0 Å². The number of pyridine rings is 1. The molecular weight excluding hydrogens is 588 g/mol. The number of nitrogens with two attached hydrogens (primary N) is 1. The van der Waals surface area contributed by atoms with E-state index in [1.54, 1.807) is 17.2 Å². The fourth-order valence-corrected chi connectivity index (χ4v) is 4.14. The van der Waals surface area contributed by atoms with Crippen LogP contribution in [0.3, 0.4) is 0 Å². The predicted molar refractivity (Wildman–Crippen MR) is 143 cm³/mol. The molecule has 1 aromatic carbocycles. The lowest BCUT2D eigenvalue weighted by atomic mass is 10.1. The first-order valence-corrected chi connectivity index (χ1v) is 12.8. The Hall–Kier alpha value is -4.67. The van der Waals surface area contributed by atoms with Gasteiger partial charge in [0.15, 0.2) is 11.6 Å². The molecule has 0 atom stereocenters. The number of unbranched alkanes of at least 4 members (excludes halogenated alkanes) is 2. The minimum Gasteiger partial charge on any atom is -0.488 e. The van der Waals surface area contributed by atoms with Gasteiger partial charge in [-0.2, -0.15) is 27.1 Å². The number of rotatable bonds is 8. The van der Waals surface area contributed by atoms with Crippen molar-refractivity contribution in [3.63, 3.8) is 0 Å². The van der Waals surface area contributed by atoms with Gasteiger partial charge in [-0.3, -0.25) is 14.2 Å². The maximum atomic E-state index is 14.9. The van der Waals surface area contributed by atoms with Crippen molar-refractivity contribution < 1.29 is 35.8 Å². The summed E-state index contributed by atoms with van der Waals surface area (Å²) in [6, 6.07) is 6.08. The molecule has 11 nitrogen and oxygen atoms in total. The zero-order chi connectivity index (χ0) is 31.1. The van der Waals surface area contributed by atoms with E-state index in [0.29, 0.717) is 61.7 Å². The minimum absolute atomic E-state index is 0.0328. The van der Waals surface area contributed by atoms with E-state index in [1.807, 2.05) is 0 Å². The Morgan fingerprint density at radius 2 is 1.93 bits per heavy atom. The minimum atomic E-state index is -4.74. The van der Waals surface area contributed by atoms with Crippen molar-refractivity contribution in [2.75, 3.05) is 30.8 Å². The van der Waals surface area contributed by atoms with Gasteiger partial charge in [0.05, 0.1) is 48.0 Å². The van der Waals surface area contributed by atoms with E-state index < -0.39 is 35.4 Å². The van der Waals surface area contributed by atoms with Crippen molar-refractivity contribution in [2.24, 2.45) is 0 Å². The number of halogens is 6. The second-order valence-corrected chi connectivity index (χ2v) is 9.13. The summed E-state index contributed by atoms with van der Waals surface area (Å²) in [5.41, 5.74) is 2.16. The molecule has 0 bridgehead atoms. The van der Waals surface area contributed by atoms with Gasteiger partial charge in [-0.1, -0.05) is 0 Å². The Kier molecular flexibility index (Phi) is 9.84. The quantitative estimate of drug-likeness (QED) is 0.196. The molecule has 230 valence electrons. The van der Waals surface area contributed by atoms with Crippen LogP contribution in [0.1, 0.15) is 24.8 Å². The Labute approximate surface area is 238 Å². The van der Waals surface area contributed by atoms with Crippen LogP contribution in [-0.4, -0.2) is 51.1 Å². The summed E-state index contributed by atoms with van der Waals surface area (Å²) in [5.74, 6) is 0.584. The van der Waals surface area contributed by atoms with Crippen molar-refractivity contribution >= 4 is 22.4 Å². The lowest BCUT2D eigenvalue weighted by molar-refractivity contribution is -0.138. The van der Waals surface area contributed by atoms with Crippen LogP contribution in [0.5, 0.6) is 5.75 Å². The molecule has 0 unspecified atom stereocenters. The summed E-state index contributed by atoms with van der Waals surface area (Å²) >= 11 is 0. The summed E-state index contributed by atoms with van der Waals surface area (Å²) in [7, 11) is 0. The fourth-order valence-electron chi connectivity index (χ4n) is 4.14. The molecule has 4 N–H and O–H groups in total. The Bertz CT molecular complexity index is 1690. The van der Waals surface area contributed by atoms with Crippen LogP contribution in [-0.2, 0) is 17.5 Å². The molecule has 0 saturated carbocycles. The highest BCUT2D eigenvalue weighted by Crippen LogP contribution is 2.31. The summed E-state index contributed by atoms with van der Waals surface area (Å²) in [5, 5.41) is 8.02. The predicted octanol–water partition coefficient (Wildman–Crippen LogP) is 4.18. The standard InChI is InChI=1S/C21H21F3N4O3.C5H4F3N3O/c22-15-10-14-17(11-13(15)16-4-5-18-19(27-16)25-6-9-30-18)26-12-28(20(14)29)7-2-1-3-8-31-21(23)24;6-5(7,8)3-2(9)1-10-11-4(3)12/h4-5,10-12,21H,1-3,6-9H2,(H,25,27);1H,(H3,9,11,12). The van der Waals surface area contributed by atoms with E-state index in [2.05, 4.69) is 25.1 Å². The second kappa shape index (κ2) is 13.5. The number of aryl methyl sites for hydroxylation is 1. The van der Waals surface area contributed by atoms with Crippen molar-refractivity contribution in [3.05, 3.63) is 68.9 Å². The summed E-state index contributed by atoms with van der Waals surface area (Å²) in [6.07, 6.45) is -0.908. The van der Waals surface area contributed by atoms with Crippen molar-refractivity contribution in [3.8, 4) is 17.0 Å². The topological polar surface area (TPSA) is 150 Å². The number of anilines is 2. The number of hydrogen-bond donors (Lipinski definition) is 3. The lowest BCUT2D eigenvalue weighted by Gasteiger charge is -2.18. The highest BCUT2D eigenvalue weighted by atomic mass is 19.4. The van der Waals surface area contributed by atoms with E-state index >= 15 is 0 Å². The number of H-pyrrole nitrogens is 1. The molecule has 1 aliphatic rings. The third-order valence-electron chi connectivity index (χ3n) is 6.16. The van der Waals surface area contributed by atoms with E-state index in [-0.39, 0.29) is 23.1 Å². The molecule has 0 aliphatic carbocycles. The summed E-state index contributed by atoms with van der Waals surface area (Å²) < 4.78 is 85.8. The van der Waals surface area contributed by atoms with Gasteiger partial charge in [0.25, 0.3) is 11.1 Å². The van der Waals surface area contributed by atoms with Crippen LogP contribution in [0, 0.1) is 5.82 Å². The molecule has 0 spiro atoms. The second-order valence-electron chi connectivity index (χ2n) is 9.13. The molecule has 0 radical (unpaired) electrons. The molecule has 4 aromatic rings. The van der Waals surface area contributed by atoms with Gasteiger partial charge in [0.2, 0.25) is 0 Å². The normalized spacial score (nSPS) is 12.7. The molecule has 1 aliphatic heterocycles. The summed E-state index contributed by atoms with van der Waals surface area (Å²) in [4.78, 5) is 32.0. The largest absolute Gasteiger partial charge is 0.488 e. The van der Waals surface area contributed by atoms with Crippen LogP contribution in [0.4, 0.5) is 37.8 Å². The SMILES string of the molecule is Nc1cn[nH]c(=O)c1C(F)(F)F.O=c1c2cc(F)c(-c3ccc4c(n3)NCCO4)cc2ncn1CCCCCOC(F)F. The molecule has 4 heterocycles. The van der Waals surface area contributed by atoms with E-state index in [0.717, 1.165) is 6.20 Å². The third kappa shape index (κ3) is 7.79. The van der Waals surface area contributed by atoms with Gasteiger partial charge in [0.1, 0.15) is 18.0 Å². The first-order chi connectivity index (χ1) is 20.5. The number of aromatic amines is 1. The van der Waals surface area contributed by atoms with Gasteiger partial charge in [-0.05, 0) is 43.5 Å². The number of aromatic nitrogens is 5. The van der Waals surface area contributed by atoms with Crippen LogP contribution >= 0.6 is 0 Å². The number of benzene rings is 1. The van der Waals surface area contributed by atoms with Gasteiger partial charge in [-0.25, -0.2) is 19.5 Å². The molecule has 17 heteroatoms. The molecule has 5 rings (SSSR count). The van der Waals surface area contributed by atoms with Gasteiger partial charge in [0, 0.05) is 12.1 Å². The first kappa shape index (κ1) is 31.3. The Morgan fingerprint density at radius 3 is 2.63 bits per heavy atom. The van der Waals surface area contributed by atoms with Gasteiger partial charge < -0.3 is 20.5 Å². The highest BCUT2D eigenvalue weighted by Gasteiger charge is 2.36. The van der Waals surface area contributed by atoms with Crippen molar-refractivity contribution in [2.45, 2.75) is 38.6 Å². The van der Waals surface area contributed by atoms with Crippen LogP contribution < -0.4 is 26.9 Å². The van der Waals surface area contributed by atoms with E-state index in [9.17, 15) is 35.9 Å². The average Bonchev–Trinajstić information content (AvgIpc) is 2.95. The highest BCUT2D eigenvalue weighted by molar-refractivity contribution is 5.83. The number of nitrogens with one attached hydrogen (secondary N) is 2. The zero-order valence-electron chi connectivity index (χ0n) is 22.3. The number of hydrogen-bond acceptors (Lipinski definition) is 9. The van der Waals surface area contributed by atoms with Crippen LogP contribution in [0.2, 0.25) is 0 Å². The average molecular weight is 614 g/mol. The molecular formula is C26H25F6N7O4. The molecule has 3 aromatic heterocycles. The maximum Gasteiger partial charge on any atom is 0.423 e. The number of fused-ring (bicyclic) bond motifs is 2. The monoisotopic (exact) mass is 613 g/mol. The maximum absolute atomic E-state index is 14.9. The third-order valence-corrected chi connectivity index (χ3v) is 6.16. The molecule has 0 amide bonds. The van der Waals surface area contributed by atoms with E-state index in [1.165, 1.54) is 23.0 Å². The molecule has 0 fully saturated rings. The lowest BCUT2D eigenvalue weighted by Crippen LogP contribution is -2.24. The number of alkyl halides is 5. The van der Waals surface area contributed by atoms with Crippen molar-refractivity contribution in [1.29, 1.82) is 0 Å². The molecule has 0 saturated heterocycles. The molecule has 43 heavy (non-hydrogen) atoms. The Morgan fingerprint density at radius 1 is 1.14 bits per heavy atom. The number of nitrogens with zero attached hydrogens (tertiary/aromatic N) is 4. The fraction of sp³-hybridized carbons (Fsp3) is 0.346. The first-order valence-electron chi connectivity index (χ1n) is 12.8. The van der Waals surface area contributed by atoms with Gasteiger partial charge >= 0.3 is 12.8 Å². The zero-order valence-corrected chi connectivity index (χ0v) is 22.3. The van der Waals surface area contributed by atoms with E-state index in [4.69, 9.17) is 10.5 Å². The number of nitrogen functional groups attached to an aromatic ring is 1. The summed E-state index contributed by atoms with van der Waals surface area (Å²) in [6.45, 7) is -1.29. The van der Waals surface area contributed by atoms with Crippen molar-refractivity contribution in [1.82, 2.24) is 24.7 Å².